The molecule has 0 spiro atoms. The quantitative estimate of drug-likeness (QED) is 0.859. The standard InChI is InChI=1S/C13H15N3O2/c14-8-10-5-6-15-9-12(10)16-7-3-1-2-4-11(16)13(17)18/h5-6,9,11H,1-4,7H2,(H,17,18). The molecule has 1 aromatic rings. The van der Waals surface area contributed by atoms with E-state index >= 15 is 0 Å². The van der Waals surface area contributed by atoms with Crippen LogP contribution in [0.1, 0.15) is 31.2 Å². The van der Waals surface area contributed by atoms with Crippen LogP contribution in [0, 0.1) is 11.3 Å². The first-order chi connectivity index (χ1) is 8.74. The van der Waals surface area contributed by atoms with Crippen LogP contribution in [0.4, 0.5) is 5.69 Å². The van der Waals surface area contributed by atoms with E-state index in [1.807, 2.05) is 0 Å². The van der Waals surface area contributed by atoms with Crippen molar-refractivity contribution in [2.75, 3.05) is 11.4 Å². The third-order valence-electron chi connectivity index (χ3n) is 3.27. The fourth-order valence-corrected chi connectivity index (χ4v) is 2.36. The zero-order chi connectivity index (χ0) is 13.0. The van der Waals surface area contributed by atoms with Gasteiger partial charge >= 0.3 is 5.97 Å². The molecule has 1 unspecified atom stereocenters. The van der Waals surface area contributed by atoms with Gasteiger partial charge in [0.25, 0.3) is 0 Å². The molecule has 1 fully saturated rings. The number of anilines is 1. The number of rotatable bonds is 2. The number of carbonyl (C=O) groups is 1. The second-order valence-electron chi connectivity index (χ2n) is 4.40. The van der Waals surface area contributed by atoms with E-state index in [1.54, 1.807) is 23.4 Å². The molecule has 1 aromatic heterocycles. The van der Waals surface area contributed by atoms with Gasteiger partial charge in [0.1, 0.15) is 12.1 Å². The molecule has 1 aliphatic heterocycles. The first-order valence-corrected chi connectivity index (χ1v) is 6.07. The van der Waals surface area contributed by atoms with E-state index in [1.165, 1.54) is 0 Å². The number of carboxylic acids is 1. The molecule has 1 aliphatic rings. The molecule has 0 aliphatic carbocycles. The SMILES string of the molecule is N#Cc1ccncc1N1CCCCCC1C(=O)O. The van der Waals surface area contributed by atoms with E-state index in [-0.39, 0.29) is 0 Å². The monoisotopic (exact) mass is 245 g/mol. The van der Waals surface area contributed by atoms with Gasteiger partial charge in [0.2, 0.25) is 0 Å². The van der Waals surface area contributed by atoms with E-state index in [2.05, 4.69) is 11.1 Å². The van der Waals surface area contributed by atoms with Gasteiger partial charge in [-0.15, -0.1) is 0 Å². The van der Waals surface area contributed by atoms with Gasteiger partial charge in [-0.3, -0.25) is 4.98 Å². The van der Waals surface area contributed by atoms with Crippen molar-refractivity contribution in [3.8, 4) is 6.07 Å². The fraction of sp³-hybridized carbons (Fsp3) is 0.462. The lowest BCUT2D eigenvalue weighted by molar-refractivity contribution is -0.138. The summed E-state index contributed by atoms with van der Waals surface area (Å²) in [5, 5.41) is 18.4. The first-order valence-electron chi connectivity index (χ1n) is 6.07. The lowest BCUT2D eigenvalue weighted by Crippen LogP contribution is -2.41. The summed E-state index contributed by atoms with van der Waals surface area (Å²) in [5.74, 6) is -0.829. The Morgan fingerprint density at radius 3 is 3.06 bits per heavy atom. The lowest BCUT2D eigenvalue weighted by atomic mass is 10.1. The van der Waals surface area contributed by atoms with Crippen molar-refractivity contribution in [3.05, 3.63) is 24.0 Å². The molecule has 2 heterocycles. The first kappa shape index (κ1) is 12.4. The Morgan fingerprint density at radius 1 is 1.50 bits per heavy atom. The Kier molecular flexibility index (Phi) is 3.78. The second kappa shape index (κ2) is 5.50. The van der Waals surface area contributed by atoms with E-state index in [0.29, 0.717) is 24.2 Å². The number of carboxylic acid groups (broad SMARTS) is 1. The highest BCUT2D eigenvalue weighted by molar-refractivity contribution is 5.79. The minimum atomic E-state index is -0.829. The Bertz CT molecular complexity index is 481. The van der Waals surface area contributed by atoms with Crippen LogP contribution >= 0.6 is 0 Å². The summed E-state index contributed by atoms with van der Waals surface area (Å²) in [7, 11) is 0. The predicted octanol–water partition coefficient (Wildman–Crippen LogP) is 1.79. The summed E-state index contributed by atoms with van der Waals surface area (Å²) in [6.07, 6.45) is 6.64. The molecule has 0 amide bonds. The van der Waals surface area contributed by atoms with Crippen molar-refractivity contribution in [2.45, 2.75) is 31.7 Å². The Hall–Kier alpha value is -2.09. The summed E-state index contributed by atoms with van der Waals surface area (Å²) >= 11 is 0. The summed E-state index contributed by atoms with van der Waals surface area (Å²) < 4.78 is 0. The van der Waals surface area contributed by atoms with Crippen molar-refractivity contribution in [2.24, 2.45) is 0 Å². The van der Waals surface area contributed by atoms with Gasteiger partial charge in [-0.05, 0) is 18.9 Å². The molecule has 1 N–H and O–H groups in total. The molecule has 1 atom stereocenters. The molecule has 0 aromatic carbocycles. The number of nitriles is 1. The summed E-state index contributed by atoms with van der Waals surface area (Å²) in [6, 6.07) is 3.17. The summed E-state index contributed by atoms with van der Waals surface area (Å²) in [5.41, 5.74) is 1.12. The average Bonchev–Trinajstić information content (AvgIpc) is 2.64. The van der Waals surface area contributed by atoms with Gasteiger partial charge in [-0.2, -0.15) is 5.26 Å². The predicted molar refractivity (Wildman–Crippen MR) is 66.2 cm³/mol. The van der Waals surface area contributed by atoms with E-state index in [4.69, 9.17) is 5.26 Å². The molecular weight excluding hydrogens is 230 g/mol. The Morgan fingerprint density at radius 2 is 2.33 bits per heavy atom. The fourth-order valence-electron chi connectivity index (χ4n) is 2.36. The molecule has 1 saturated heterocycles. The normalized spacial score (nSPS) is 19.9. The van der Waals surface area contributed by atoms with E-state index in [9.17, 15) is 9.90 Å². The number of hydrogen-bond donors (Lipinski definition) is 1. The third kappa shape index (κ3) is 2.43. The van der Waals surface area contributed by atoms with Crippen LogP contribution in [0.5, 0.6) is 0 Å². The lowest BCUT2D eigenvalue weighted by Gasteiger charge is -2.29. The van der Waals surface area contributed by atoms with Crippen LogP contribution in [0.25, 0.3) is 0 Å². The molecule has 18 heavy (non-hydrogen) atoms. The summed E-state index contributed by atoms with van der Waals surface area (Å²) in [4.78, 5) is 17.2. The molecule has 94 valence electrons. The maximum atomic E-state index is 11.3. The van der Waals surface area contributed by atoms with Crippen molar-refractivity contribution in [1.82, 2.24) is 4.98 Å². The van der Waals surface area contributed by atoms with Crippen molar-refractivity contribution >= 4 is 11.7 Å². The zero-order valence-corrected chi connectivity index (χ0v) is 10.0. The molecule has 2 rings (SSSR count). The molecular formula is C13H15N3O2. The van der Waals surface area contributed by atoms with E-state index < -0.39 is 12.0 Å². The third-order valence-corrected chi connectivity index (χ3v) is 3.27. The second-order valence-corrected chi connectivity index (χ2v) is 4.40. The minimum absolute atomic E-state index is 0.484. The van der Waals surface area contributed by atoms with Gasteiger partial charge in [-0.1, -0.05) is 12.8 Å². The molecule has 0 saturated carbocycles. The van der Waals surface area contributed by atoms with Crippen molar-refractivity contribution in [1.29, 1.82) is 5.26 Å². The molecule has 0 radical (unpaired) electrons. The highest BCUT2D eigenvalue weighted by Gasteiger charge is 2.28. The summed E-state index contributed by atoms with van der Waals surface area (Å²) in [6.45, 7) is 0.664. The van der Waals surface area contributed by atoms with Gasteiger partial charge in [0.15, 0.2) is 0 Å². The maximum Gasteiger partial charge on any atom is 0.326 e. The molecule has 5 nitrogen and oxygen atoms in total. The number of nitrogens with zero attached hydrogens (tertiary/aromatic N) is 3. The van der Waals surface area contributed by atoms with Crippen LogP contribution in [0.3, 0.4) is 0 Å². The molecule has 0 bridgehead atoms. The van der Waals surface area contributed by atoms with Gasteiger partial charge < -0.3 is 10.0 Å². The van der Waals surface area contributed by atoms with Crippen molar-refractivity contribution in [3.63, 3.8) is 0 Å². The Labute approximate surface area is 106 Å². The highest BCUT2D eigenvalue weighted by Crippen LogP contribution is 2.26. The minimum Gasteiger partial charge on any atom is -0.480 e. The van der Waals surface area contributed by atoms with Gasteiger partial charge in [0.05, 0.1) is 17.4 Å². The number of aromatic nitrogens is 1. The van der Waals surface area contributed by atoms with Crippen LogP contribution in [0.2, 0.25) is 0 Å². The van der Waals surface area contributed by atoms with Crippen LogP contribution in [-0.4, -0.2) is 28.6 Å². The molecule has 5 heteroatoms. The zero-order valence-electron chi connectivity index (χ0n) is 10.0. The number of pyridine rings is 1. The van der Waals surface area contributed by atoms with E-state index in [0.717, 1.165) is 19.3 Å². The van der Waals surface area contributed by atoms with Gasteiger partial charge in [-0.25, -0.2) is 4.79 Å². The largest absolute Gasteiger partial charge is 0.480 e. The topological polar surface area (TPSA) is 77.2 Å². The van der Waals surface area contributed by atoms with Crippen molar-refractivity contribution < 1.29 is 9.90 Å². The maximum absolute atomic E-state index is 11.3. The van der Waals surface area contributed by atoms with Crippen LogP contribution in [-0.2, 0) is 4.79 Å². The number of aliphatic carboxylic acids is 1. The van der Waals surface area contributed by atoms with Crippen LogP contribution < -0.4 is 4.90 Å². The average molecular weight is 245 g/mol. The Balaban J connectivity index is 2.38. The van der Waals surface area contributed by atoms with Crippen LogP contribution in [0.15, 0.2) is 18.5 Å². The van der Waals surface area contributed by atoms with Gasteiger partial charge in [0, 0.05) is 12.7 Å². The smallest absolute Gasteiger partial charge is 0.326 e. The number of hydrogen-bond acceptors (Lipinski definition) is 4. The highest BCUT2D eigenvalue weighted by atomic mass is 16.4.